The first-order valence-corrected chi connectivity index (χ1v) is 7.76. The molecule has 0 spiro atoms. The predicted molar refractivity (Wildman–Crippen MR) is 88.6 cm³/mol. The molecule has 5 nitrogen and oxygen atoms in total. The zero-order valence-electron chi connectivity index (χ0n) is 13.1. The first-order chi connectivity index (χ1) is 10.5. The molecule has 2 rings (SSSR count). The van der Waals surface area contributed by atoms with E-state index in [1.807, 2.05) is 44.4 Å². The van der Waals surface area contributed by atoms with Gasteiger partial charge in [-0.2, -0.15) is 5.10 Å². The van der Waals surface area contributed by atoms with Crippen LogP contribution in [0, 0.1) is 13.8 Å². The molecular weight excluding hydrogens is 298 g/mol. The van der Waals surface area contributed by atoms with Crippen LogP contribution in [-0.4, -0.2) is 23.7 Å². The van der Waals surface area contributed by atoms with Crippen LogP contribution in [0.15, 0.2) is 28.7 Å². The van der Waals surface area contributed by atoms with Gasteiger partial charge in [0.25, 0.3) is 0 Å². The van der Waals surface area contributed by atoms with E-state index < -0.39 is 0 Å². The molecule has 0 saturated carbocycles. The number of ether oxygens (including phenoxy) is 1. The summed E-state index contributed by atoms with van der Waals surface area (Å²) in [5, 5.41) is 6.87. The maximum Gasteiger partial charge on any atom is 0.246 e. The number of hydrogen-bond acceptors (Lipinski definition) is 5. The topological polar surface area (TPSA) is 63.6 Å². The van der Waals surface area contributed by atoms with Crippen LogP contribution in [0.1, 0.15) is 28.8 Å². The van der Waals surface area contributed by atoms with Crippen LogP contribution in [0.25, 0.3) is 0 Å². The smallest absolute Gasteiger partial charge is 0.246 e. The Balaban J connectivity index is 2.06. The van der Waals surface area contributed by atoms with Crippen molar-refractivity contribution in [3.8, 4) is 5.75 Å². The summed E-state index contributed by atoms with van der Waals surface area (Å²) in [5.74, 6) is 0.553. The lowest BCUT2D eigenvalue weighted by molar-refractivity contribution is -0.120. The predicted octanol–water partition coefficient (Wildman–Crippen LogP) is 2.85. The molecule has 0 unspecified atom stereocenters. The number of thiazole rings is 1. The van der Waals surface area contributed by atoms with Gasteiger partial charge >= 0.3 is 0 Å². The molecule has 0 saturated heterocycles. The molecule has 1 amide bonds. The second kappa shape index (κ2) is 7.17. The van der Waals surface area contributed by atoms with Gasteiger partial charge in [0.1, 0.15) is 10.8 Å². The summed E-state index contributed by atoms with van der Waals surface area (Å²) in [6, 6.07) is 5.84. The van der Waals surface area contributed by atoms with Crippen LogP contribution in [0.3, 0.4) is 0 Å². The summed E-state index contributed by atoms with van der Waals surface area (Å²) >= 11 is 1.48. The molecule has 0 aliphatic heterocycles. The van der Waals surface area contributed by atoms with E-state index in [0.29, 0.717) is 5.71 Å². The fraction of sp³-hybridized carbons (Fsp3) is 0.312. The van der Waals surface area contributed by atoms with Crippen molar-refractivity contribution in [1.82, 2.24) is 10.4 Å². The Hall–Kier alpha value is -2.21. The molecule has 0 aliphatic rings. The van der Waals surface area contributed by atoms with Crippen LogP contribution in [-0.2, 0) is 11.2 Å². The molecular formula is C16H19N3O2S. The van der Waals surface area contributed by atoms with Gasteiger partial charge in [0.15, 0.2) is 0 Å². The van der Waals surface area contributed by atoms with E-state index in [4.69, 9.17) is 4.74 Å². The Labute approximate surface area is 134 Å². The minimum absolute atomic E-state index is 0.180. The summed E-state index contributed by atoms with van der Waals surface area (Å²) in [6.07, 6.45) is 0.236. The second-order valence-electron chi connectivity index (χ2n) is 5.00. The van der Waals surface area contributed by atoms with Gasteiger partial charge in [0.2, 0.25) is 5.91 Å². The number of amides is 1. The lowest BCUT2D eigenvalue weighted by Gasteiger charge is -2.09. The highest BCUT2D eigenvalue weighted by atomic mass is 32.1. The monoisotopic (exact) mass is 317 g/mol. The quantitative estimate of drug-likeness (QED) is 0.681. The molecule has 0 fully saturated rings. The van der Waals surface area contributed by atoms with Crippen molar-refractivity contribution in [3.63, 3.8) is 0 Å². The van der Waals surface area contributed by atoms with Crippen molar-refractivity contribution in [3.05, 3.63) is 45.4 Å². The number of carbonyl (C=O) groups is 1. The van der Waals surface area contributed by atoms with E-state index in [1.54, 1.807) is 7.11 Å². The molecule has 0 bridgehead atoms. The highest BCUT2D eigenvalue weighted by Gasteiger charge is 2.09. The first kappa shape index (κ1) is 16.2. The summed E-state index contributed by atoms with van der Waals surface area (Å²) in [6.45, 7) is 5.74. The number of hydrazone groups is 1. The third kappa shape index (κ3) is 4.14. The highest BCUT2D eigenvalue weighted by Crippen LogP contribution is 2.20. The lowest BCUT2D eigenvalue weighted by Crippen LogP contribution is -2.21. The van der Waals surface area contributed by atoms with Crippen molar-refractivity contribution in [1.29, 1.82) is 0 Å². The number of rotatable bonds is 5. The average Bonchev–Trinajstić information content (AvgIpc) is 2.89. The van der Waals surface area contributed by atoms with E-state index in [-0.39, 0.29) is 12.3 Å². The van der Waals surface area contributed by atoms with E-state index >= 15 is 0 Å². The highest BCUT2D eigenvalue weighted by molar-refractivity contribution is 7.09. The fourth-order valence-electron chi connectivity index (χ4n) is 1.97. The average molecular weight is 317 g/mol. The standard InChI is InChI=1S/C16H19N3O2S/c1-10-5-6-14(21-4)13(7-10)12(3)18-19-15(20)8-16-17-11(2)9-22-16/h5-7,9H,8H2,1-4H3,(H,19,20)/b18-12-. The van der Waals surface area contributed by atoms with Crippen molar-refractivity contribution in [2.24, 2.45) is 5.10 Å². The fourth-order valence-corrected chi connectivity index (χ4v) is 2.74. The van der Waals surface area contributed by atoms with E-state index in [2.05, 4.69) is 15.5 Å². The van der Waals surface area contributed by atoms with E-state index in [9.17, 15) is 4.79 Å². The zero-order valence-corrected chi connectivity index (χ0v) is 14.0. The number of benzene rings is 1. The molecule has 1 heterocycles. The third-order valence-corrected chi connectivity index (χ3v) is 4.04. The Kier molecular flexibility index (Phi) is 5.27. The Morgan fingerprint density at radius 1 is 1.41 bits per heavy atom. The molecule has 6 heteroatoms. The molecule has 0 radical (unpaired) electrons. The van der Waals surface area contributed by atoms with Gasteiger partial charge in [-0.1, -0.05) is 11.6 Å². The van der Waals surface area contributed by atoms with Crippen molar-refractivity contribution in [2.45, 2.75) is 27.2 Å². The number of aryl methyl sites for hydroxylation is 2. The number of nitrogens with zero attached hydrogens (tertiary/aromatic N) is 2. The van der Waals surface area contributed by atoms with Crippen molar-refractivity contribution < 1.29 is 9.53 Å². The Morgan fingerprint density at radius 3 is 2.82 bits per heavy atom. The lowest BCUT2D eigenvalue weighted by atomic mass is 10.1. The summed E-state index contributed by atoms with van der Waals surface area (Å²) in [7, 11) is 1.62. The SMILES string of the molecule is COc1ccc(C)cc1/C(C)=N\NC(=O)Cc1nc(C)cs1. The zero-order chi connectivity index (χ0) is 16.1. The Bertz CT molecular complexity index is 707. The van der Waals surface area contributed by atoms with Gasteiger partial charge in [-0.15, -0.1) is 11.3 Å². The van der Waals surface area contributed by atoms with Crippen molar-refractivity contribution >= 4 is 23.0 Å². The van der Waals surface area contributed by atoms with Gasteiger partial charge in [0.05, 0.1) is 19.2 Å². The number of nitrogens with one attached hydrogen (secondary N) is 1. The van der Waals surface area contributed by atoms with Gasteiger partial charge in [0, 0.05) is 16.6 Å². The van der Waals surface area contributed by atoms with Crippen LogP contribution >= 0.6 is 11.3 Å². The third-order valence-electron chi connectivity index (χ3n) is 3.07. The number of carbonyl (C=O) groups excluding carboxylic acids is 1. The molecule has 1 aromatic carbocycles. The van der Waals surface area contributed by atoms with Gasteiger partial charge < -0.3 is 4.74 Å². The molecule has 1 N–H and O–H groups in total. The molecule has 0 atom stereocenters. The molecule has 116 valence electrons. The van der Waals surface area contributed by atoms with E-state index in [0.717, 1.165) is 27.6 Å². The second-order valence-corrected chi connectivity index (χ2v) is 5.94. The van der Waals surface area contributed by atoms with Gasteiger partial charge in [-0.05, 0) is 32.9 Å². The van der Waals surface area contributed by atoms with Crippen LogP contribution < -0.4 is 10.2 Å². The summed E-state index contributed by atoms with van der Waals surface area (Å²) < 4.78 is 5.32. The number of aromatic nitrogens is 1. The maximum absolute atomic E-state index is 11.9. The summed E-state index contributed by atoms with van der Waals surface area (Å²) in [4.78, 5) is 16.2. The van der Waals surface area contributed by atoms with Gasteiger partial charge in [-0.3, -0.25) is 4.79 Å². The van der Waals surface area contributed by atoms with Crippen molar-refractivity contribution in [2.75, 3.05) is 7.11 Å². The van der Waals surface area contributed by atoms with Crippen LogP contribution in [0.5, 0.6) is 5.75 Å². The molecule has 1 aromatic heterocycles. The largest absolute Gasteiger partial charge is 0.496 e. The van der Waals surface area contributed by atoms with Crippen LogP contribution in [0.2, 0.25) is 0 Å². The molecule has 22 heavy (non-hydrogen) atoms. The number of methoxy groups -OCH3 is 1. The number of hydrogen-bond donors (Lipinski definition) is 1. The maximum atomic E-state index is 11.9. The minimum atomic E-state index is -0.180. The Morgan fingerprint density at radius 2 is 2.18 bits per heavy atom. The normalized spacial score (nSPS) is 11.4. The van der Waals surface area contributed by atoms with Gasteiger partial charge in [-0.25, -0.2) is 10.4 Å². The minimum Gasteiger partial charge on any atom is -0.496 e. The molecule has 2 aromatic rings. The first-order valence-electron chi connectivity index (χ1n) is 6.88. The van der Waals surface area contributed by atoms with E-state index in [1.165, 1.54) is 11.3 Å². The summed E-state index contributed by atoms with van der Waals surface area (Å²) in [5.41, 5.74) is 6.17. The van der Waals surface area contributed by atoms with Crippen LogP contribution in [0.4, 0.5) is 0 Å². The molecule has 0 aliphatic carbocycles.